The Labute approximate surface area is 226 Å². The Morgan fingerprint density at radius 1 is 0.550 bits per heavy atom. The summed E-state index contributed by atoms with van der Waals surface area (Å²) in [5.74, 6) is -8.71. The summed E-state index contributed by atoms with van der Waals surface area (Å²) in [6, 6.07) is 0. The van der Waals surface area contributed by atoms with Crippen LogP contribution in [0.25, 0.3) is 0 Å². The van der Waals surface area contributed by atoms with Crippen molar-refractivity contribution < 1.29 is 64.5 Å². The lowest BCUT2D eigenvalue weighted by molar-refractivity contribution is -0.170. The lowest BCUT2D eigenvalue weighted by atomic mass is 9.96. The van der Waals surface area contributed by atoms with Crippen LogP contribution in [0.1, 0.15) is 12.8 Å². The van der Waals surface area contributed by atoms with Crippen LogP contribution in [0.4, 0.5) is 0 Å². The number of hydrogen-bond donors (Lipinski definition) is 13. The van der Waals surface area contributed by atoms with Crippen LogP contribution < -0.4 is 17.2 Å². The second-order valence-corrected chi connectivity index (χ2v) is 7.38. The molecule has 0 aliphatic carbocycles. The zero-order chi connectivity index (χ0) is 33.0. The molecule has 0 amide bonds. The van der Waals surface area contributed by atoms with Gasteiger partial charge in [-0.2, -0.15) is 0 Å². The molecule has 16 N–H and O–H groups in total. The van der Waals surface area contributed by atoms with E-state index in [1.807, 2.05) is 0 Å². The first-order chi connectivity index (χ1) is 17.9. The van der Waals surface area contributed by atoms with E-state index < -0.39 is 54.3 Å². The number of carboxylic acid groups (broad SMARTS) is 6. The van der Waals surface area contributed by atoms with E-state index in [1.165, 1.54) is 21.1 Å². The van der Waals surface area contributed by atoms with Crippen molar-refractivity contribution in [3.05, 3.63) is 0 Å². The maximum Gasteiger partial charge on any atom is 0.336 e. The van der Waals surface area contributed by atoms with Crippen LogP contribution in [0.2, 0.25) is 0 Å². The minimum Gasteiger partial charge on any atom is -0.481 e. The zero-order valence-electron chi connectivity index (χ0n) is 21.7. The molecule has 0 rings (SSSR count). The van der Waals surface area contributed by atoms with Gasteiger partial charge >= 0.3 is 35.8 Å². The van der Waals surface area contributed by atoms with Crippen LogP contribution >= 0.6 is 0 Å². The minimum absolute atomic E-state index is 0.227. The summed E-state index contributed by atoms with van der Waals surface area (Å²) in [6.45, 7) is -0.681. The van der Waals surface area contributed by atoms with E-state index in [4.69, 9.17) is 69.2 Å². The molecule has 0 radical (unpaired) electrons. The molecule has 0 aromatic heterocycles. The van der Waals surface area contributed by atoms with Crippen molar-refractivity contribution >= 4 is 53.7 Å². The van der Waals surface area contributed by atoms with E-state index in [2.05, 4.69) is 0 Å². The van der Waals surface area contributed by atoms with Crippen LogP contribution in [0.5, 0.6) is 0 Å². The summed E-state index contributed by atoms with van der Waals surface area (Å²) in [5, 5.41) is 78.4. The van der Waals surface area contributed by atoms with Gasteiger partial charge in [-0.3, -0.25) is 40.2 Å². The fourth-order valence-corrected chi connectivity index (χ4v) is 1.58. The predicted molar refractivity (Wildman–Crippen MR) is 134 cm³/mol. The molecular weight excluding hydrogens is 550 g/mol. The number of aliphatic carboxylic acids is 6. The monoisotopic (exact) mass is 585 g/mol. The normalized spacial score (nSPS) is 9.30. The van der Waals surface area contributed by atoms with Gasteiger partial charge in [-0.25, -0.2) is 4.79 Å². The lowest BCUT2D eigenvalue weighted by Gasteiger charge is -2.18. The first kappa shape index (κ1) is 41.7. The molecule has 0 fully saturated rings. The van der Waals surface area contributed by atoms with Gasteiger partial charge < -0.3 is 67.6 Å². The number of nitrogens with two attached hydrogens (primary N) is 3. The van der Waals surface area contributed by atoms with E-state index in [1.54, 1.807) is 0 Å². The van der Waals surface area contributed by atoms with Crippen LogP contribution in [0, 0.1) is 16.2 Å². The predicted octanol–water partition coefficient (Wildman–Crippen LogP) is -4.56. The van der Waals surface area contributed by atoms with Crippen LogP contribution in [-0.2, 0) is 28.8 Å². The Balaban J connectivity index is -0.000000219. The van der Waals surface area contributed by atoms with Crippen molar-refractivity contribution in [2.75, 3.05) is 40.8 Å². The van der Waals surface area contributed by atoms with Crippen LogP contribution in [0.15, 0.2) is 0 Å². The maximum atomic E-state index is 10.3. The van der Waals surface area contributed by atoms with Gasteiger partial charge in [-0.05, 0) is 0 Å². The average Bonchev–Trinajstić information content (AvgIpc) is 2.72. The standard InChI is InChI=1S/C6H8O7.3C4H9N3O2/c7-3(8)1-6(13,5(11)12)2-4(9)10;3*1-7(4(5)6)2-3(8)9/h13H,1-2H2,(H,7,8)(H,9,10)(H,11,12);3*2H2,1H3,(H3,5,6)(H,8,9). The van der Waals surface area contributed by atoms with Crippen LogP contribution in [-0.4, -0.2) is 151 Å². The second-order valence-electron chi connectivity index (χ2n) is 7.38. The zero-order valence-corrected chi connectivity index (χ0v) is 21.7. The molecule has 0 aromatic rings. The van der Waals surface area contributed by atoms with Gasteiger partial charge in [0.2, 0.25) is 0 Å². The number of carbonyl (C=O) groups is 6. The highest BCUT2D eigenvalue weighted by Gasteiger charge is 2.40. The van der Waals surface area contributed by atoms with E-state index in [0.717, 1.165) is 14.7 Å². The van der Waals surface area contributed by atoms with Gasteiger partial charge in [0.15, 0.2) is 23.5 Å². The molecule has 230 valence electrons. The number of hydrogen-bond acceptors (Lipinski definition) is 10. The molecule has 0 bridgehead atoms. The van der Waals surface area contributed by atoms with Gasteiger partial charge in [0.05, 0.1) is 12.8 Å². The van der Waals surface area contributed by atoms with Gasteiger partial charge in [0, 0.05) is 21.1 Å². The first-order valence-electron chi connectivity index (χ1n) is 10.1. The van der Waals surface area contributed by atoms with Crippen molar-refractivity contribution in [3.63, 3.8) is 0 Å². The van der Waals surface area contributed by atoms with Crippen molar-refractivity contribution in [1.29, 1.82) is 16.2 Å². The summed E-state index contributed by atoms with van der Waals surface area (Å²) in [5.41, 5.74) is 12.1. The molecular formula is C18H35N9O13. The Morgan fingerprint density at radius 3 is 0.825 bits per heavy atom. The molecule has 40 heavy (non-hydrogen) atoms. The number of carboxylic acids is 6. The van der Waals surface area contributed by atoms with Gasteiger partial charge in [-0.15, -0.1) is 0 Å². The molecule has 22 heteroatoms. The van der Waals surface area contributed by atoms with Crippen molar-refractivity contribution in [2.24, 2.45) is 17.2 Å². The topological polar surface area (TPSA) is 403 Å². The van der Waals surface area contributed by atoms with Gasteiger partial charge in [0.1, 0.15) is 19.6 Å². The smallest absolute Gasteiger partial charge is 0.336 e. The molecule has 0 atom stereocenters. The third kappa shape index (κ3) is 27.2. The Kier molecular flexibility index (Phi) is 21.5. The number of nitrogens with one attached hydrogen (secondary N) is 3. The Morgan fingerprint density at radius 2 is 0.750 bits per heavy atom. The van der Waals surface area contributed by atoms with Gasteiger partial charge in [-0.1, -0.05) is 0 Å². The maximum absolute atomic E-state index is 10.3. The molecule has 0 aliphatic heterocycles. The van der Waals surface area contributed by atoms with Crippen molar-refractivity contribution in [3.8, 4) is 0 Å². The first-order valence-corrected chi connectivity index (χ1v) is 10.1. The summed E-state index contributed by atoms with van der Waals surface area (Å²) in [6.07, 6.45) is -2.29. The molecule has 0 aromatic carbocycles. The SMILES string of the molecule is CN(CC(=O)O)C(=N)N.CN(CC(=O)O)C(=N)N.CN(CC(=O)O)C(=N)N.O=C(O)CC(O)(CC(=O)O)C(=O)O. The number of nitrogens with zero attached hydrogens (tertiary/aromatic N) is 3. The summed E-state index contributed by atoms with van der Waals surface area (Å²) >= 11 is 0. The van der Waals surface area contributed by atoms with Crippen molar-refractivity contribution in [2.45, 2.75) is 18.4 Å². The molecule has 0 saturated carbocycles. The van der Waals surface area contributed by atoms with E-state index in [0.29, 0.717) is 0 Å². The number of rotatable bonds is 11. The fourth-order valence-electron chi connectivity index (χ4n) is 1.58. The van der Waals surface area contributed by atoms with E-state index in [-0.39, 0.29) is 37.5 Å². The molecule has 0 heterocycles. The lowest BCUT2D eigenvalue weighted by Crippen LogP contribution is -2.42. The van der Waals surface area contributed by atoms with Crippen molar-refractivity contribution in [1.82, 2.24) is 14.7 Å². The number of guanidine groups is 3. The van der Waals surface area contributed by atoms with E-state index in [9.17, 15) is 28.8 Å². The molecule has 0 aliphatic rings. The number of aliphatic hydroxyl groups is 1. The Hall–Kier alpha value is -5.41. The fraction of sp³-hybridized carbons (Fsp3) is 0.500. The molecule has 0 spiro atoms. The summed E-state index contributed by atoms with van der Waals surface area (Å²) in [7, 11) is 4.32. The summed E-state index contributed by atoms with van der Waals surface area (Å²) < 4.78 is 0. The number of likely N-dealkylation sites (N-methyl/N-ethyl adjacent to an activating group) is 3. The highest BCUT2D eigenvalue weighted by atomic mass is 16.4. The third-order valence-electron chi connectivity index (χ3n) is 3.64. The highest BCUT2D eigenvalue weighted by Crippen LogP contribution is 2.15. The second kappa shape index (κ2) is 20.6. The Bertz CT molecular complexity index is 850. The third-order valence-corrected chi connectivity index (χ3v) is 3.64. The average molecular weight is 586 g/mol. The quantitative estimate of drug-likeness (QED) is 0.0801. The van der Waals surface area contributed by atoms with E-state index >= 15 is 0 Å². The minimum atomic E-state index is -2.74. The highest BCUT2D eigenvalue weighted by molar-refractivity contribution is 5.88. The summed E-state index contributed by atoms with van der Waals surface area (Å²) in [4.78, 5) is 63.6. The van der Waals surface area contributed by atoms with Crippen LogP contribution in [0.3, 0.4) is 0 Å². The molecule has 0 unspecified atom stereocenters. The molecule has 0 saturated heterocycles. The van der Waals surface area contributed by atoms with Gasteiger partial charge in [0.25, 0.3) is 0 Å². The molecule has 22 nitrogen and oxygen atoms in total. The largest absolute Gasteiger partial charge is 0.481 e.